The molecule has 1 aromatic carbocycles. The monoisotopic (exact) mass is 280 g/mol. The Balaban J connectivity index is 2.74. The van der Waals surface area contributed by atoms with Crippen LogP contribution in [0.2, 0.25) is 0 Å². The van der Waals surface area contributed by atoms with Gasteiger partial charge in [0.15, 0.2) is 0 Å². The Morgan fingerprint density at radius 3 is 2.12 bits per heavy atom. The molecule has 0 saturated heterocycles. The van der Waals surface area contributed by atoms with Gasteiger partial charge in [-0.2, -0.15) is 0 Å². The van der Waals surface area contributed by atoms with E-state index in [-0.39, 0.29) is 0 Å². The van der Waals surface area contributed by atoms with Crippen molar-refractivity contribution in [3.8, 4) is 0 Å². The fourth-order valence-corrected chi connectivity index (χ4v) is 2.50. The first-order chi connectivity index (χ1) is 7.57. The first kappa shape index (κ1) is 13.5. The summed E-state index contributed by atoms with van der Waals surface area (Å²) in [6.07, 6.45) is 1.98. The van der Waals surface area contributed by atoms with Crippen LogP contribution in [0.5, 0.6) is 0 Å². The number of hydrogen-bond acceptors (Lipinski definition) is 0. The van der Waals surface area contributed by atoms with Crippen molar-refractivity contribution in [2.24, 2.45) is 11.8 Å². The molecule has 16 heavy (non-hydrogen) atoms. The Kier molecular flexibility index (Phi) is 5.27. The van der Waals surface area contributed by atoms with Crippen LogP contribution in [0.15, 0.2) is 43.0 Å². The molecule has 0 radical (unpaired) electrons. The third kappa shape index (κ3) is 3.21. The van der Waals surface area contributed by atoms with E-state index in [1.165, 1.54) is 5.56 Å². The normalized spacial score (nSPS) is 18.5. The molecule has 0 aliphatic rings. The summed E-state index contributed by atoms with van der Waals surface area (Å²) >= 11 is 3.67. The van der Waals surface area contributed by atoms with Gasteiger partial charge < -0.3 is 0 Å². The molecule has 1 aromatic rings. The predicted molar refractivity (Wildman–Crippen MR) is 76.1 cm³/mol. The molecule has 0 heterocycles. The van der Waals surface area contributed by atoms with Crippen molar-refractivity contribution in [2.75, 3.05) is 0 Å². The number of hydrogen-bond donors (Lipinski definition) is 0. The molecule has 4 atom stereocenters. The van der Waals surface area contributed by atoms with Crippen LogP contribution in [-0.2, 0) is 0 Å². The van der Waals surface area contributed by atoms with E-state index in [0.29, 0.717) is 22.6 Å². The minimum atomic E-state index is 0.397. The summed E-state index contributed by atoms with van der Waals surface area (Å²) in [4.78, 5) is 0.397. The Morgan fingerprint density at radius 2 is 1.62 bits per heavy atom. The van der Waals surface area contributed by atoms with Crippen LogP contribution in [0.4, 0.5) is 0 Å². The Hall–Kier alpha value is -0.560. The van der Waals surface area contributed by atoms with E-state index >= 15 is 0 Å². The number of rotatable bonds is 5. The molecule has 0 amide bonds. The third-order valence-electron chi connectivity index (χ3n) is 3.67. The van der Waals surface area contributed by atoms with Crippen molar-refractivity contribution in [2.45, 2.75) is 31.5 Å². The summed E-state index contributed by atoms with van der Waals surface area (Å²) in [5.41, 5.74) is 1.42. The van der Waals surface area contributed by atoms with Crippen LogP contribution in [0.1, 0.15) is 32.3 Å². The van der Waals surface area contributed by atoms with Gasteiger partial charge in [0.05, 0.1) is 0 Å². The summed E-state index contributed by atoms with van der Waals surface area (Å²) in [5, 5.41) is 0. The zero-order chi connectivity index (χ0) is 12.1. The number of allylic oxidation sites excluding steroid dienone is 1. The zero-order valence-corrected chi connectivity index (χ0v) is 11.9. The number of halogens is 1. The first-order valence-corrected chi connectivity index (χ1v) is 6.81. The second kappa shape index (κ2) is 6.24. The summed E-state index contributed by atoms with van der Waals surface area (Å²) in [6.45, 7) is 10.8. The minimum Gasteiger partial charge on any atom is -0.102 e. The van der Waals surface area contributed by atoms with Crippen molar-refractivity contribution in [3.63, 3.8) is 0 Å². The molecular formula is C15H21Br. The van der Waals surface area contributed by atoms with E-state index in [1.807, 2.05) is 6.08 Å². The average Bonchev–Trinajstić information content (AvgIpc) is 2.36. The highest BCUT2D eigenvalue weighted by atomic mass is 79.9. The zero-order valence-electron chi connectivity index (χ0n) is 10.4. The minimum absolute atomic E-state index is 0.397. The molecule has 0 saturated carbocycles. The fraction of sp³-hybridized carbons (Fsp3) is 0.467. The third-order valence-corrected chi connectivity index (χ3v) is 4.88. The van der Waals surface area contributed by atoms with Crippen LogP contribution < -0.4 is 0 Å². The van der Waals surface area contributed by atoms with Gasteiger partial charge in [0.1, 0.15) is 0 Å². The fourth-order valence-electron chi connectivity index (χ4n) is 2.02. The molecule has 0 spiro atoms. The number of benzene rings is 1. The lowest BCUT2D eigenvalue weighted by Crippen LogP contribution is -2.21. The predicted octanol–water partition coefficient (Wildman–Crippen LogP) is 5.01. The van der Waals surface area contributed by atoms with E-state index < -0.39 is 0 Å². The van der Waals surface area contributed by atoms with Crippen LogP contribution in [0.3, 0.4) is 0 Å². The second-order valence-corrected chi connectivity index (χ2v) is 5.66. The second-order valence-electron chi connectivity index (χ2n) is 4.60. The van der Waals surface area contributed by atoms with Crippen molar-refractivity contribution in [3.05, 3.63) is 48.6 Å². The molecule has 1 heteroatoms. The summed E-state index contributed by atoms with van der Waals surface area (Å²) in [7, 11) is 0. The van der Waals surface area contributed by atoms with Crippen LogP contribution in [0.25, 0.3) is 0 Å². The van der Waals surface area contributed by atoms with Crippen LogP contribution in [-0.4, -0.2) is 4.83 Å². The van der Waals surface area contributed by atoms with Gasteiger partial charge in [0.25, 0.3) is 0 Å². The van der Waals surface area contributed by atoms with Gasteiger partial charge in [-0.25, -0.2) is 0 Å². The summed E-state index contributed by atoms with van der Waals surface area (Å²) in [6, 6.07) is 10.7. The Bertz CT molecular complexity index is 317. The average molecular weight is 281 g/mol. The maximum Gasteiger partial charge on any atom is 0.0351 e. The van der Waals surface area contributed by atoms with Crippen molar-refractivity contribution >= 4 is 15.9 Å². The molecule has 0 aliphatic carbocycles. The maximum absolute atomic E-state index is 3.85. The van der Waals surface area contributed by atoms with Gasteiger partial charge in [0.2, 0.25) is 0 Å². The van der Waals surface area contributed by atoms with Gasteiger partial charge in [0, 0.05) is 4.83 Å². The van der Waals surface area contributed by atoms with Crippen molar-refractivity contribution in [1.82, 2.24) is 0 Å². The van der Waals surface area contributed by atoms with Gasteiger partial charge in [-0.3, -0.25) is 0 Å². The molecule has 0 fully saturated rings. The molecule has 0 bridgehead atoms. The van der Waals surface area contributed by atoms with Crippen molar-refractivity contribution < 1.29 is 0 Å². The van der Waals surface area contributed by atoms with Gasteiger partial charge in [-0.05, 0) is 23.3 Å². The molecule has 0 N–H and O–H groups in total. The van der Waals surface area contributed by atoms with Gasteiger partial charge in [-0.15, -0.1) is 6.58 Å². The van der Waals surface area contributed by atoms with E-state index in [1.54, 1.807) is 0 Å². The highest BCUT2D eigenvalue weighted by Gasteiger charge is 2.23. The van der Waals surface area contributed by atoms with Gasteiger partial charge in [-0.1, -0.05) is 73.1 Å². The highest BCUT2D eigenvalue weighted by molar-refractivity contribution is 9.09. The van der Waals surface area contributed by atoms with Crippen molar-refractivity contribution in [1.29, 1.82) is 0 Å². The lowest BCUT2D eigenvalue weighted by molar-refractivity contribution is 0.349. The standard InChI is InChI=1S/C15H21Br/c1-5-15(16)13(4)11(2)12(3)14-9-7-6-8-10-14/h5-13,15H,1H2,2-4H3/t11-,12-,13-,15?/m1/s1. The highest BCUT2D eigenvalue weighted by Crippen LogP contribution is 2.33. The SMILES string of the molecule is C=CC(Br)[C@H](C)[C@H](C)[C@@H](C)c1ccccc1. The molecular weight excluding hydrogens is 260 g/mol. The lowest BCUT2D eigenvalue weighted by atomic mass is 9.80. The quantitative estimate of drug-likeness (QED) is 0.525. The molecule has 88 valence electrons. The van der Waals surface area contributed by atoms with Crippen LogP contribution >= 0.6 is 15.9 Å². The largest absolute Gasteiger partial charge is 0.102 e. The molecule has 0 aliphatic heterocycles. The Labute approximate surface area is 108 Å². The van der Waals surface area contributed by atoms with E-state index in [4.69, 9.17) is 0 Å². The maximum atomic E-state index is 3.85. The van der Waals surface area contributed by atoms with Crippen LogP contribution in [0, 0.1) is 11.8 Å². The summed E-state index contributed by atoms with van der Waals surface area (Å²) in [5.74, 6) is 1.80. The lowest BCUT2D eigenvalue weighted by Gasteiger charge is -2.28. The van der Waals surface area contributed by atoms with Gasteiger partial charge >= 0.3 is 0 Å². The smallest absolute Gasteiger partial charge is 0.0351 e. The topological polar surface area (TPSA) is 0 Å². The molecule has 0 nitrogen and oxygen atoms in total. The van der Waals surface area contributed by atoms with E-state index in [2.05, 4.69) is 73.6 Å². The first-order valence-electron chi connectivity index (χ1n) is 5.89. The molecule has 0 aromatic heterocycles. The molecule has 1 unspecified atom stereocenters. The number of alkyl halides is 1. The Morgan fingerprint density at radius 1 is 1.06 bits per heavy atom. The van der Waals surface area contributed by atoms with E-state index in [9.17, 15) is 0 Å². The summed E-state index contributed by atoms with van der Waals surface area (Å²) < 4.78 is 0. The molecule has 1 rings (SSSR count). The van der Waals surface area contributed by atoms with E-state index in [0.717, 1.165) is 0 Å².